The van der Waals surface area contributed by atoms with Gasteiger partial charge >= 0.3 is 0 Å². The summed E-state index contributed by atoms with van der Waals surface area (Å²) >= 11 is 0. The van der Waals surface area contributed by atoms with E-state index >= 15 is 0 Å². The van der Waals surface area contributed by atoms with Crippen molar-refractivity contribution in [3.63, 3.8) is 0 Å². The second kappa shape index (κ2) is 2.95. The topological polar surface area (TPSA) is 79.4 Å². The highest BCUT2D eigenvalue weighted by Crippen LogP contribution is 2.04. The van der Waals surface area contributed by atoms with Crippen LogP contribution in [-0.4, -0.2) is 25.1 Å². The van der Waals surface area contributed by atoms with Crippen molar-refractivity contribution in [2.75, 3.05) is 5.32 Å². The minimum absolute atomic E-state index is 0.495. The van der Waals surface area contributed by atoms with E-state index < -0.39 is 0 Å². The Balaban J connectivity index is 2.15. The Morgan fingerprint density at radius 2 is 2.08 bits per heavy atom. The van der Waals surface area contributed by atoms with Gasteiger partial charge in [-0.25, -0.2) is 15.0 Å². The molecule has 6 nitrogen and oxygen atoms in total. The highest BCUT2D eigenvalue weighted by atomic mass is 15.2. The van der Waals surface area contributed by atoms with Crippen molar-refractivity contribution in [2.45, 2.75) is 0 Å². The second-order valence-corrected chi connectivity index (χ2v) is 2.06. The van der Waals surface area contributed by atoms with Crippen LogP contribution in [0.1, 0.15) is 0 Å². The number of aromatic nitrogens is 5. The number of hydrogen-bond acceptors (Lipinski definition) is 5. The molecule has 0 atom stereocenters. The van der Waals surface area contributed by atoms with Crippen molar-refractivity contribution in [1.82, 2.24) is 25.1 Å². The lowest BCUT2D eigenvalue weighted by Crippen LogP contribution is -1.96. The molecule has 2 rings (SSSR count). The van der Waals surface area contributed by atoms with Gasteiger partial charge in [0.15, 0.2) is 0 Å². The highest BCUT2D eigenvalue weighted by Gasteiger charge is 1.94. The first-order valence-electron chi connectivity index (χ1n) is 3.33. The van der Waals surface area contributed by atoms with Crippen molar-refractivity contribution in [3.05, 3.63) is 24.9 Å². The number of H-pyrrole nitrogens is 1. The van der Waals surface area contributed by atoms with E-state index in [4.69, 9.17) is 0 Å². The molecule has 2 N–H and O–H groups in total. The van der Waals surface area contributed by atoms with Crippen molar-refractivity contribution in [1.29, 1.82) is 0 Å². The van der Waals surface area contributed by atoms with Crippen molar-refractivity contribution >= 4 is 11.8 Å². The van der Waals surface area contributed by atoms with E-state index in [9.17, 15) is 0 Å². The van der Waals surface area contributed by atoms with Crippen LogP contribution in [0.15, 0.2) is 24.9 Å². The van der Waals surface area contributed by atoms with Gasteiger partial charge in [0.05, 0.1) is 6.20 Å². The molecule has 0 bridgehead atoms. The Kier molecular flexibility index (Phi) is 1.65. The van der Waals surface area contributed by atoms with E-state index in [1.165, 1.54) is 12.7 Å². The molecule has 0 radical (unpaired) electrons. The number of anilines is 2. The van der Waals surface area contributed by atoms with E-state index in [-0.39, 0.29) is 0 Å². The van der Waals surface area contributed by atoms with Crippen molar-refractivity contribution in [2.24, 2.45) is 0 Å². The van der Waals surface area contributed by atoms with E-state index in [2.05, 4.69) is 30.5 Å². The monoisotopic (exact) mass is 162 g/mol. The van der Waals surface area contributed by atoms with Gasteiger partial charge in [0.1, 0.15) is 18.5 Å². The Hall–Kier alpha value is -1.98. The lowest BCUT2D eigenvalue weighted by molar-refractivity contribution is 1.04. The zero-order valence-corrected chi connectivity index (χ0v) is 6.10. The predicted octanol–water partition coefficient (Wildman–Crippen LogP) is 0.338. The Morgan fingerprint density at radius 1 is 1.25 bits per heavy atom. The minimum Gasteiger partial charge on any atom is -0.309 e. The number of hydrogen-bond donors (Lipinski definition) is 2. The van der Waals surface area contributed by atoms with Gasteiger partial charge in [0, 0.05) is 6.07 Å². The van der Waals surface area contributed by atoms with Crippen LogP contribution < -0.4 is 5.32 Å². The smallest absolute Gasteiger partial charge is 0.231 e. The molecule has 60 valence electrons. The van der Waals surface area contributed by atoms with Crippen LogP contribution in [0.5, 0.6) is 0 Å². The van der Waals surface area contributed by atoms with E-state index in [0.717, 1.165) is 5.82 Å². The SMILES string of the molecule is c1cc(Nc2ncncn2)[nH]n1. The van der Waals surface area contributed by atoms with Gasteiger partial charge in [-0.1, -0.05) is 0 Å². The average Bonchev–Trinajstić information content (AvgIpc) is 2.59. The number of aromatic amines is 1. The summed E-state index contributed by atoms with van der Waals surface area (Å²) in [6.07, 6.45) is 4.49. The Bertz CT molecular complexity index is 328. The number of nitrogens with zero attached hydrogens (tertiary/aromatic N) is 4. The first-order chi connectivity index (χ1) is 5.95. The van der Waals surface area contributed by atoms with Crippen molar-refractivity contribution in [3.8, 4) is 0 Å². The number of nitrogens with one attached hydrogen (secondary N) is 2. The summed E-state index contributed by atoms with van der Waals surface area (Å²) in [4.78, 5) is 11.4. The van der Waals surface area contributed by atoms with Gasteiger partial charge in [-0.2, -0.15) is 5.10 Å². The maximum Gasteiger partial charge on any atom is 0.231 e. The molecular formula is C6H6N6. The van der Waals surface area contributed by atoms with Gasteiger partial charge in [0.25, 0.3) is 0 Å². The van der Waals surface area contributed by atoms with E-state index in [0.29, 0.717) is 5.95 Å². The molecule has 2 heterocycles. The highest BCUT2D eigenvalue weighted by molar-refractivity contribution is 5.45. The molecule has 0 saturated heterocycles. The molecule has 2 aromatic rings. The lowest BCUT2D eigenvalue weighted by atomic mass is 10.6. The summed E-state index contributed by atoms with van der Waals surface area (Å²) in [5.74, 6) is 1.25. The third-order valence-corrected chi connectivity index (χ3v) is 1.24. The molecule has 0 aliphatic carbocycles. The van der Waals surface area contributed by atoms with Gasteiger partial charge in [-0.15, -0.1) is 0 Å². The van der Waals surface area contributed by atoms with Gasteiger partial charge in [-0.3, -0.25) is 5.10 Å². The first-order valence-corrected chi connectivity index (χ1v) is 3.33. The third kappa shape index (κ3) is 1.36. The largest absolute Gasteiger partial charge is 0.309 e. The first kappa shape index (κ1) is 6.71. The second-order valence-electron chi connectivity index (χ2n) is 2.06. The average molecular weight is 162 g/mol. The van der Waals surface area contributed by atoms with Crippen LogP contribution in [-0.2, 0) is 0 Å². The normalized spacial score (nSPS) is 9.67. The third-order valence-electron chi connectivity index (χ3n) is 1.24. The quantitative estimate of drug-likeness (QED) is 0.665. The van der Waals surface area contributed by atoms with Crippen LogP contribution in [0.4, 0.5) is 11.8 Å². The lowest BCUT2D eigenvalue weighted by Gasteiger charge is -1.97. The molecule has 6 heteroatoms. The predicted molar refractivity (Wildman–Crippen MR) is 41.7 cm³/mol. The van der Waals surface area contributed by atoms with E-state index in [1.54, 1.807) is 12.3 Å². The van der Waals surface area contributed by atoms with Crippen molar-refractivity contribution < 1.29 is 0 Å². The summed E-state index contributed by atoms with van der Waals surface area (Å²) < 4.78 is 0. The fourth-order valence-corrected chi connectivity index (χ4v) is 0.750. The van der Waals surface area contributed by atoms with Crippen LogP contribution in [0.25, 0.3) is 0 Å². The van der Waals surface area contributed by atoms with Crippen LogP contribution >= 0.6 is 0 Å². The summed E-state index contributed by atoms with van der Waals surface area (Å²) in [5.41, 5.74) is 0. The standard InChI is InChI=1S/C6H6N6/c1-2-10-12-5(1)11-6-8-3-7-4-9-6/h1-4H,(H2,7,8,9,10,11,12). The van der Waals surface area contributed by atoms with Crippen LogP contribution in [0, 0.1) is 0 Å². The molecule has 0 amide bonds. The zero-order chi connectivity index (χ0) is 8.23. The number of rotatable bonds is 2. The minimum atomic E-state index is 0.495. The molecular weight excluding hydrogens is 156 g/mol. The van der Waals surface area contributed by atoms with Gasteiger partial charge in [-0.05, 0) is 0 Å². The summed E-state index contributed by atoms with van der Waals surface area (Å²) in [6, 6.07) is 1.78. The molecule has 0 fully saturated rings. The Morgan fingerprint density at radius 3 is 2.75 bits per heavy atom. The molecule has 0 unspecified atom stereocenters. The fourth-order valence-electron chi connectivity index (χ4n) is 0.750. The van der Waals surface area contributed by atoms with Crippen LogP contribution in [0.3, 0.4) is 0 Å². The van der Waals surface area contributed by atoms with E-state index in [1.807, 2.05) is 0 Å². The van der Waals surface area contributed by atoms with Gasteiger partial charge < -0.3 is 5.32 Å². The zero-order valence-electron chi connectivity index (χ0n) is 6.10. The molecule has 0 spiro atoms. The molecule has 2 aromatic heterocycles. The molecule has 0 aromatic carbocycles. The molecule has 12 heavy (non-hydrogen) atoms. The summed E-state index contributed by atoms with van der Waals surface area (Å²) in [6.45, 7) is 0. The maximum atomic E-state index is 3.87. The summed E-state index contributed by atoms with van der Waals surface area (Å²) in [5, 5.41) is 9.39. The molecule has 0 saturated carbocycles. The van der Waals surface area contributed by atoms with Gasteiger partial charge in [0.2, 0.25) is 5.95 Å². The molecule has 0 aliphatic rings. The Labute approximate surface area is 68.1 Å². The molecule has 0 aliphatic heterocycles. The summed E-state index contributed by atoms with van der Waals surface area (Å²) in [7, 11) is 0. The van der Waals surface area contributed by atoms with Crippen LogP contribution in [0.2, 0.25) is 0 Å². The fraction of sp³-hybridized carbons (Fsp3) is 0. The maximum absolute atomic E-state index is 3.87.